The number of amides is 1. The van der Waals surface area contributed by atoms with E-state index in [2.05, 4.69) is 16.8 Å². The van der Waals surface area contributed by atoms with Gasteiger partial charge in [0.15, 0.2) is 0 Å². The Balaban J connectivity index is 1.46. The fourth-order valence-electron chi connectivity index (χ4n) is 3.30. The fraction of sp³-hybridized carbons (Fsp3) is 0.350. The number of hydrogen-bond donors (Lipinski definition) is 0. The van der Waals surface area contributed by atoms with Crippen LogP contribution in [0.5, 0.6) is 0 Å². The van der Waals surface area contributed by atoms with Gasteiger partial charge in [0, 0.05) is 42.5 Å². The number of nitrogens with zero attached hydrogens (tertiary/aromatic N) is 3. The molecule has 2 aliphatic heterocycles. The molecule has 0 saturated carbocycles. The van der Waals surface area contributed by atoms with Gasteiger partial charge in [0.2, 0.25) is 0 Å². The summed E-state index contributed by atoms with van der Waals surface area (Å²) in [5, 5.41) is 0. The molecule has 1 saturated heterocycles. The zero-order chi connectivity index (χ0) is 17.9. The van der Waals surface area contributed by atoms with Crippen LogP contribution in [0.1, 0.15) is 0 Å². The summed E-state index contributed by atoms with van der Waals surface area (Å²) in [6.45, 7) is 5.39. The average molecular weight is 369 g/mol. The molecule has 0 atom stereocenters. The molecule has 4 rings (SSSR count). The molecule has 1 amide bonds. The molecule has 2 heterocycles. The molecule has 0 radical (unpaired) electrons. The van der Waals surface area contributed by atoms with Crippen LogP contribution in [-0.4, -0.2) is 62.3 Å². The van der Waals surface area contributed by atoms with Gasteiger partial charge in [0.05, 0.1) is 11.4 Å². The molecule has 1 fully saturated rings. The number of anilines is 2. The Morgan fingerprint density at radius 1 is 0.962 bits per heavy atom. The van der Waals surface area contributed by atoms with Crippen molar-refractivity contribution in [1.29, 1.82) is 0 Å². The van der Waals surface area contributed by atoms with Crippen molar-refractivity contribution < 1.29 is 9.53 Å². The third-order valence-corrected chi connectivity index (χ3v) is 5.97. The van der Waals surface area contributed by atoms with Crippen molar-refractivity contribution in [2.75, 3.05) is 51.3 Å². The predicted octanol–water partition coefficient (Wildman–Crippen LogP) is 3.67. The van der Waals surface area contributed by atoms with E-state index in [1.54, 1.807) is 16.7 Å². The Morgan fingerprint density at radius 2 is 1.54 bits per heavy atom. The van der Waals surface area contributed by atoms with Gasteiger partial charge in [-0.3, -0.25) is 4.90 Å². The molecule has 5 nitrogen and oxygen atoms in total. The number of hydrogen-bond acceptors (Lipinski definition) is 5. The van der Waals surface area contributed by atoms with Crippen molar-refractivity contribution in [2.45, 2.75) is 9.79 Å². The number of carbonyl (C=O) groups is 1. The standard InChI is InChI=1S/C20H23N3O2S/c1-21-10-12-22(13-11-21)14-15-25-20(24)23-16-6-2-4-8-18(16)26-19-9-5-3-7-17(19)23/h2-9H,10-15H2,1H3. The molecule has 0 N–H and O–H groups in total. The second kappa shape index (κ2) is 7.70. The van der Waals surface area contributed by atoms with E-state index in [4.69, 9.17) is 4.74 Å². The molecular weight excluding hydrogens is 346 g/mol. The number of para-hydroxylation sites is 2. The first-order valence-corrected chi connectivity index (χ1v) is 9.78. The SMILES string of the molecule is CN1CCN(CCOC(=O)N2c3ccccc3Sc3ccccc32)CC1. The normalized spacial score (nSPS) is 17.5. The Bertz CT molecular complexity index is 745. The highest BCUT2D eigenvalue weighted by Crippen LogP contribution is 2.47. The summed E-state index contributed by atoms with van der Waals surface area (Å²) in [4.78, 5) is 21.4. The minimum atomic E-state index is -0.306. The maximum atomic E-state index is 12.9. The van der Waals surface area contributed by atoms with E-state index in [0.29, 0.717) is 6.61 Å². The van der Waals surface area contributed by atoms with Crippen LogP contribution in [0.4, 0.5) is 16.2 Å². The summed E-state index contributed by atoms with van der Waals surface area (Å²) in [5.74, 6) is 0. The minimum Gasteiger partial charge on any atom is -0.448 e. The van der Waals surface area contributed by atoms with Crippen LogP contribution in [0.25, 0.3) is 0 Å². The largest absolute Gasteiger partial charge is 0.448 e. The maximum absolute atomic E-state index is 12.9. The lowest BCUT2D eigenvalue weighted by atomic mass is 10.2. The van der Waals surface area contributed by atoms with E-state index in [1.165, 1.54) is 0 Å². The number of benzene rings is 2. The third kappa shape index (κ3) is 3.58. The van der Waals surface area contributed by atoms with Gasteiger partial charge in [-0.05, 0) is 31.3 Å². The first kappa shape index (κ1) is 17.4. The van der Waals surface area contributed by atoms with Gasteiger partial charge in [-0.25, -0.2) is 9.69 Å². The average Bonchev–Trinajstić information content (AvgIpc) is 2.67. The summed E-state index contributed by atoms with van der Waals surface area (Å²) < 4.78 is 5.65. The lowest BCUT2D eigenvalue weighted by Crippen LogP contribution is -2.45. The van der Waals surface area contributed by atoms with E-state index in [0.717, 1.165) is 53.9 Å². The molecule has 136 valence electrons. The fourth-order valence-corrected chi connectivity index (χ4v) is 4.36. The van der Waals surface area contributed by atoms with E-state index in [-0.39, 0.29) is 6.09 Å². The van der Waals surface area contributed by atoms with Gasteiger partial charge >= 0.3 is 6.09 Å². The van der Waals surface area contributed by atoms with Crippen molar-refractivity contribution in [3.63, 3.8) is 0 Å². The van der Waals surface area contributed by atoms with Gasteiger partial charge in [-0.1, -0.05) is 36.0 Å². The minimum absolute atomic E-state index is 0.306. The highest BCUT2D eigenvalue weighted by molar-refractivity contribution is 7.99. The molecule has 0 spiro atoms. The number of ether oxygens (including phenoxy) is 1. The van der Waals surface area contributed by atoms with E-state index < -0.39 is 0 Å². The van der Waals surface area contributed by atoms with Crippen LogP contribution >= 0.6 is 11.8 Å². The van der Waals surface area contributed by atoms with Crippen molar-refractivity contribution in [3.05, 3.63) is 48.5 Å². The third-order valence-electron chi connectivity index (χ3n) is 4.84. The van der Waals surface area contributed by atoms with Gasteiger partial charge in [-0.15, -0.1) is 0 Å². The molecule has 0 aliphatic carbocycles. The smallest absolute Gasteiger partial charge is 0.419 e. The first-order valence-electron chi connectivity index (χ1n) is 8.96. The zero-order valence-electron chi connectivity index (χ0n) is 14.9. The molecule has 2 aromatic carbocycles. The molecule has 0 unspecified atom stereocenters. The zero-order valence-corrected chi connectivity index (χ0v) is 15.7. The molecule has 2 aromatic rings. The van der Waals surface area contributed by atoms with Crippen LogP contribution in [0.2, 0.25) is 0 Å². The van der Waals surface area contributed by atoms with Gasteiger partial charge in [0.25, 0.3) is 0 Å². The molecule has 26 heavy (non-hydrogen) atoms. The topological polar surface area (TPSA) is 36.0 Å². The molecule has 0 aromatic heterocycles. The summed E-state index contributed by atoms with van der Waals surface area (Å²) >= 11 is 1.69. The number of piperazine rings is 1. The monoisotopic (exact) mass is 369 g/mol. The molecule has 6 heteroatoms. The van der Waals surface area contributed by atoms with Crippen LogP contribution in [0.3, 0.4) is 0 Å². The molecule has 2 aliphatic rings. The van der Waals surface area contributed by atoms with Gasteiger partial charge in [0.1, 0.15) is 6.61 Å². The number of likely N-dealkylation sites (N-methyl/N-ethyl adjacent to an activating group) is 1. The predicted molar refractivity (Wildman–Crippen MR) is 104 cm³/mol. The van der Waals surface area contributed by atoms with Gasteiger partial charge in [-0.2, -0.15) is 0 Å². The summed E-state index contributed by atoms with van der Waals surface area (Å²) in [6, 6.07) is 15.9. The maximum Gasteiger partial charge on any atom is 0.419 e. The Hall–Kier alpha value is -2.02. The number of fused-ring (bicyclic) bond motifs is 2. The summed E-state index contributed by atoms with van der Waals surface area (Å²) in [7, 11) is 2.14. The van der Waals surface area contributed by atoms with Crippen LogP contribution in [0.15, 0.2) is 58.3 Å². The quantitative estimate of drug-likeness (QED) is 0.825. The van der Waals surface area contributed by atoms with Crippen molar-refractivity contribution in [1.82, 2.24) is 9.80 Å². The highest BCUT2D eigenvalue weighted by Gasteiger charge is 2.29. The van der Waals surface area contributed by atoms with Crippen LogP contribution in [-0.2, 0) is 4.74 Å². The van der Waals surface area contributed by atoms with Crippen molar-refractivity contribution >= 4 is 29.2 Å². The van der Waals surface area contributed by atoms with E-state index in [9.17, 15) is 4.79 Å². The lowest BCUT2D eigenvalue weighted by molar-refractivity contribution is 0.108. The summed E-state index contributed by atoms with van der Waals surface area (Å²) in [5.41, 5.74) is 1.78. The first-order chi connectivity index (χ1) is 12.7. The highest BCUT2D eigenvalue weighted by atomic mass is 32.2. The molecular formula is C20H23N3O2S. The number of rotatable bonds is 3. The Kier molecular flexibility index (Phi) is 5.15. The number of carbonyl (C=O) groups excluding carboxylic acids is 1. The van der Waals surface area contributed by atoms with E-state index >= 15 is 0 Å². The van der Waals surface area contributed by atoms with Gasteiger partial charge < -0.3 is 9.64 Å². The Morgan fingerprint density at radius 3 is 2.15 bits per heavy atom. The van der Waals surface area contributed by atoms with Crippen molar-refractivity contribution in [3.8, 4) is 0 Å². The van der Waals surface area contributed by atoms with Crippen LogP contribution in [0, 0.1) is 0 Å². The van der Waals surface area contributed by atoms with E-state index in [1.807, 2.05) is 48.5 Å². The van der Waals surface area contributed by atoms with Crippen molar-refractivity contribution in [2.24, 2.45) is 0 Å². The Labute approximate surface area is 158 Å². The summed E-state index contributed by atoms with van der Waals surface area (Å²) in [6.07, 6.45) is -0.306. The second-order valence-corrected chi connectivity index (χ2v) is 7.72. The lowest BCUT2D eigenvalue weighted by Gasteiger charge is -2.33. The molecule has 0 bridgehead atoms. The second-order valence-electron chi connectivity index (χ2n) is 6.63. The van der Waals surface area contributed by atoms with Crippen LogP contribution < -0.4 is 4.90 Å².